The maximum absolute atomic E-state index is 13.1. The fourth-order valence-corrected chi connectivity index (χ4v) is 11.5. The van der Waals surface area contributed by atoms with E-state index >= 15 is 0 Å². The van der Waals surface area contributed by atoms with Crippen LogP contribution in [0.4, 0.5) is 24.9 Å². The number of non-ortho nitro benzene ring substituents is 1. The highest BCUT2D eigenvalue weighted by Crippen LogP contribution is 2.34. The van der Waals surface area contributed by atoms with E-state index in [1.165, 1.54) is 66.7 Å². The van der Waals surface area contributed by atoms with E-state index < -0.39 is 147 Å². The molecule has 0 unspecified atom stereocenters. The van der Waals surface area contributed by atoms with Crippen molar-refractivity contribution in [2.45, 2.75) is 178 Å². The standard InChI is InChI=1S/C26H42N4O12S.C19H32N4O8S.C13H15NO7.CH4/c1-7-38-22(33)26(5,6)15-41-43(36,37)42-30-18-8-9-19(29(14-18)23(30)34)20(31)27-17-10-12-28(13-11-17)24(35)40-16-39-21(32)25(2,3)4;1-4-29-17(25)19(2,3)12-30-32(27,28)31-23-14-5-6-15(22(11-14)18(23)26)16(24)21-13-7-9-20-10-8-13;1-13(2,3)11(15)19-8-20-12(16)21-10-6-4-9(5-7-10)14(17)18;/h17-19H,7-16H2,1-6H3,(H,27,31);13-15,20H,4-12H2,1-3H3,(H,21,24);4-7H,8H2,1-3H3;1H4/t18-,19-;14-,15+;;/m01../s1. The summed E-state index contributed by atoms with van der Waals surface area (Å²) in [5.41, 5.74) is -4.05. The van der Waals surface area contributed by atoms with Gasteiger partial charge in [-0.3, -0.25) is 38.9 Å². The zero-order valence-electron chi connectivity index (χ0n) is 55.9. The maximum atomic E-state index is 13.1. The Morgan fingerprint density at radius 1 is 0.567 bits per heavy atom. The van der Waals surface area contributed by atoms with Gasteiger partial charge in [-0.1, -0.05) is 7.43 Å². The minimum atomic E-state index is -4.70. The molecule has 548 valence electrons. The predicted molar refractivity (Wildman–Crippen MR) is 335 cm³/mol. The van der Waals surface area contributed by atoms with E-state index in [0.717, 1.165) is 31.0 Å². The van der Waals surface area contributed by atoms with Crippen molar-refractivity contribution in [3.8, 4) is 5.75 Å². The van der Waals surface area contributed by atoms with Crippen LogP contribution in [0.15, 0.2) is 24.3 Å². The van der Waals surface area contributed by atoms with Crippen LogP contribution in [0, 0.1) is 31.8 Å². The molecule has 6 aliphatic rings. The summed E-state index contributed by atoms with van der Waals surface area (Å²) in [5.74, 6) is -2.83. The van der Waals surface area contributed by atoms with E-state index in [-0.39, 0.29) is 75.5 Å². The van der Waals surface area contributed by atoms with Crippen molar-refractivity contribution >= 4 is 86.5 Å². The number of piperidine rings is 4. The van der Waals surface area contributed by atoms with Crippen LogP contribution in [0.5, 0.6) is 5.75 Å². The van der Waals surface area contributed by atoms with Gasteiger partial charge < -0.3 is 63.8 Å². The largest absolute Gasteiger partial charge is 0.516 e. The number of fused-ring (bicyclic) bond motifs is 4. The number of hydrogen-bond donors (Lipinski definition) is 3. The highest BCUT2D eigenvalue weighted by Gasteiger charge is 2.52. The first-order valence-electron chi connectivity index (χ1n) is 31.1. The highest BCUT2D eigenvalue weighted by molar-refractivity contribution is 7.82. The molecule has 38 heteroatoms. The molecule has 4 atom stereocenters. The molecule has 36 nitrogen and oxygen atoms in total. The van der Waals surface area contributed by atoms with Gasteiger partial charge in [0, 0.05) is 50.4 Å². The SMILES string of the molecule is C.CC(C)(C)C(=O)OCOC(=O)Oc1ccc([N+](=O)[O-])cc1.CCOC(=O)C(C)(C)COS(=O)(=O)ON1C(=O)N2C[C@@H]1CC[C@H]2C(=O)NC1CCN(C(=O)OCOC(=O)C(C)(C)C)CC1.CCOC(=O)C(C)(C)COS(=O)(=O)ON1C(=O)N2C[C@H]1CC[C@H]2C(=O)NC1CCNCC1. The molecule has 97 heavy (non-hydrogen) atoms. The number of hydrogen-bond acceptors (Lipinski definition) is 28. The summed E-state index contributed by atoms with van der Waals surface area (Å²) < 4.78 is 103. The molecule has 0 saturated carbocycles. The first kappa shape index (κ1) is 81.6. The molecule has 6 saturated heterocycles. The third kappa shape index (κ3) is 24.3. The number of hydroxylamine groups is 4. The molecule has 0 aromatic heterocycles. The van der Waals surface area contributed by atoms with Crippen LogP contribution in [0.3, 0.4) is 0 Å². The van der Waals surface area contributed by atoms with Crippen LogP contribution in [0.25, 0.3) is 0 Å². The minimum Gasteiger partial charge on any atom is -0.466 e. The molecule has 3 N–H and O–H groups in total. The lowest BCUT2D eigenvalue weighted by Crippen LogP contribution is -2.54. The predicted octanol–water partition coefficient (Wildman–Crippen LogP) is 4.50. The van der Waals surface area contributed by atoms with E-state index in [0.29, 0.717) is 50.3 Å². The number of carbonyl (C=O) groups excluding carboxylic acids is 10. The quantitative estimate of drug-likeness (QED) is 0.0320. The van der Waals surface area contributed by atoms with Crippen molar-refractivity contribution in [3.05, 3.63) is 34.4 Å². The lowest BCUT2D eigenvalue weighted by Gasteiger charge is -2.34. The number of nitro groups is 1. The summed E-state index contributed by atoms with van der Waals surface area (Å²) in [7, 11) is -9.32. The van der Waals surface area contributed by atoms with E-state index in [4.69, 9.17) is 45.4 Å². The normalized spacial score (nSPS) is 19.9. The number of benzene rings is 1. The van der Waals surface area contributed by atoms with Crippen LogP contribution >= 0.6 is 0 Å². The van der Waals surface area contributed by atoms with Crippen LogP contribution in [-0.4, -0.2) is 222 Å². The monoisotopic (exact) mass is 1420 g/mol. The number of esters is 4. The van der Waals surface area contributed by atoms with Crippen LogP contribution < -0.4 is 20.7 Å². The molecule has 0 radical (unpaired) electrons. The van der Waals surface area contributed by atoms with Crippen LogP contribution in [-0.2, 0) is 94.9 Å². The Kier molecular flexibility index (Phi) is 29.6. The molecule has 0 spiro atoms. The van der Waals surface area contributed by atoms with Gasteiger partial charge in [0.15, 0.2) is 0 Å². The average molecular weight is 1420 g/mol. The van der Waals surface area contributed by atoms with E-state index in [2.05, 4.69) is 20.7 Å². The molecule has 7 amide bonds. The number of amides is 7. The van der Waals surface area contributed by atoms with Crippen molar-refractivity contribution in [3.63, 3.8) is 0 Å². The van der Waals surface area contributed by atoms with Gasteiger partial charge in [-0.25, -0.2) is 27.5 Å². The molecule has 6 heterocycles. The van der Waals surface area contributed by atoms with E-state index in [1.54, 1.807) is 55.4 Å². The Morgan fingerprint density at radius 2 is 0.969 bits per heavy atom. The third-order valence-electron chi connectivity index (χ3n) is 15.4. The van der Waals surface area contributed by atoms with Gasteiger partial charge in [0.05, 0.1) is 65.1 Å². The second-order valence-electron chi connectivity index (χ2n) is 26.3. The zero-order valence-corrected chi connectivity index (χ0v) is 57.6. The fourth-order valence-electron chi connectivity index (χ4n) is 9.77. The number of urea groups is 2. The number of nitro benzene ring substituents is 1. The number of nitrogens with one attached hydrogen (secondary N) is 3. The van der Waals surface area contributed by atoms with Gasteiger partial charge >= 0.3 is 69.0 Å². The molecular weight excluding hydrogens is 1330 g/mol. The maximum Gasteiger partial charge on any atom is 0.516 e. The lowest BCUT2D eigenvalue weighted by atomic mass is 9.95. The van der Waals surface area contributed by atoms with E-state index in [9.17, 15) is 74.9 Å². The summed E-state index contributed by atoms with van der Waals surface area (Å²) in [5, 5.41) is 21.0. The highest BCUT2D eigenvalue weighted by atomic mass is 32.3. The summed E-state index contributed by atoms with van der Waals surface area (Å²) in [4.78, 5) is 136. The van der Waals surface area contributed by atoms with Gasteiger partial charge in [-0.2, -0.15) is 27.0 Å². The number of nitrogens with zero attached hydrogens (tertiary/aromatic N) is 6. The number of ether oxygens (including phenoxy) is 7. The second-order valence-corrected chi connectivity index (χ2v) is 28.7. The molecule has 1 aromatic carbocycles. The van der Waals surface area contributed by atoms with Gasteiger partial charge in [0.2, 0.25) is 25.4 Å². The fraction of sp³-hybridized carbons (Fsp3) is 0.729. The topological polar surface area (TPSA) is 436 Å². The molecule has 0 aliphatic carbocycles. The van der Waals surface area contributed by atoms with E-state index in [1.807, 2.05) is 0 Å². The van der Waals surface area contributed by atoms with Gasteiger partial charge in [-0.15, -0.1) is 8.57 Å². The van der Waals surface area contributed by atoms with Crippen molar-refractivity contribution in [1.29, 1.82) is 0 Å². The average Bonchev–Trinajstić information content (AvgIpc) is 1.63. The Hall–Kier alpha value is -7.78. The van der Waals surface area contributed by atoms with Gasteiger partial charge in [-0.05, 0) is 160 Å². The van der Waals surface area contributed by atoms with Crippen molar-refractivity contribution < 1.29 is 120 Å². The molecular formula is C59H93N9O27S2. The van der Waals surface area contributed by atoms with Gasteiger partial charge in [0.1, 0.15) is 17.8 Å². The molecule has 6 aliphatic heterocycles. The zero-order chi connectivity index (χ0) is 71.7. The summed E-state index contributed by atoms with van der Waals surface area (Å²) in [6, 6.07) is 0.562. The number of rotatable bonds is 24. The van der Waals surface area contributed by atoms with Crippen molar-refractivity contribution in [2.75, 3.05) is 79.3 Å². The molecule has 4 bridgehead atoms. The first-order valence-corrected chi connectivity index (χ1v) is 33.7. The van der Waals surface area contributed by atoms with Crippen molar-refractivity contribution in [1.82, 2.24) is 40.8 Å². The minimum absolute atomic E-state index is 0. The van der Waals surface area contributed by atoms with Crippen molar-refractivity contribution in [2.24, 2.45) is 21.7 Å². The summed E-state index contributed by atoms with van der Waals surface area (Å²) >= 11 is 0. The second kappa shape index (κ2) is 35.1. The summed E-state index contributed by atoms with van der Waals surface area (Å²) in [6.45, 7) is 19.8. The molecule has 7 rings (SSSR count). The number of likely N-dealkylation sites (tertiary alicyclic amines) is 1. The Balaban J connectivity index is 0.000000327. The summed E-state index contributed by atoms with van der Waals surface area (Å²) in [6.07, 6.45) is 2.25. The lowest BCUT2D eigenvalue weighted by molar-refractivity contribution is -0.384. The third-order valence-corrected chi connectivity index (χ3v) is 16.9. The Labute approximate surface area is 564 Å². The van der Waals surface area contributed by atoms with Gasteiger partial charge in [0.25, 0.3) is 5.69 Å². The van der Waals surface area contributed by atoms with Crippen LogP contribution in [0.2, 0.25) is 0 Å². The first-order chi connectivity index (χ1) is 44.7. The number of carbonyl (C=O) groups is 10. The Morgan fingerprint density at radius 3 is 1.36 bits per heavy atom. The Bertz CT molecular complexity index is 3180. The molecule has 1 aromatic rings. The van der Waals surface area contributed by atoms with Crippen LogP contribution in [0.1, 0.15) is 142 Å². The smallest absolute Gasteiger partial charge is 0.466 e. The molecule has 6 fully saturated rings.